The quantitative estimate of drug-likeness (QED) is 0.476. The third-order valence-electron chi connectivity index (χ3n) is 6.13. The molecule has 0 bridgehead atoms. The highest BCUT2D eigenvalue weighted by Crippen LogP contribution is 2.48. The van der Waals surface area contributed by atoms with Crippen LogP contribution in [-0.2, 0) is 4.79 Å². The number of aromatic amines is 1. The minimum Gasteiger partial charge on any atom is -0.343 e. The Hall–Kier alpha value is -3.94. The van der Waals surface area contributed by atoms with E-state index in [0.717, 1.165) is 5.70 Å². The molecule has 1 aromatic heterocycles. The molecule has 0 spiro atoms. The Balaban J connectivity index is 1.76. The molecule has 0 fully saturated rings. The number of anilines is 1. The zero-order valence-corrected chi connectivity index (χ0v) is 17.7. The number of rotatable bonds is 3. The average molecular weight is 430 g/mol. The summed E-state index contributed by atoms with van der Waals surface area (Å²) in [6, 6.07) is 15.4. The second kappa shape index (κ2) is 7.05. The molecular formula is C24H22N4O4. The van der Waals surface area contributed by atoms with E-state index in [-0.39, 0.29) is 22.4 Å². The number of ketones is 1. The number of nitro benzene ring substituents is 1. The molecule has 2 aromatic carbocycles. The van der Waals surface area contributed by atoms with Crippen molar-refractivity contribution in [3.05, 3.63) is 97.5 Å². The van der Waals surface area contributed by atoms with Crippen molar-refractivity contribution in [2.45, 2.75) is 32.6 Å². The van der Waals surface area contributed by atoms with Gasteiger partial charge in [0.15, 0.2) is 5.78 Å². The third kappa shape index (κ3) is 3.15. The predicted octanol–water partition coefficient (Wildman–Crippen LogP) is 4.27. The number of nitrogens with one attached hydrogen (secondary N) is 2. The van der Waals surface area contributed by atoms with Crippen LogP contribution in [0.25, 0.3) is 5.69 Å². The Bertz CT molecular complexity index is 1350. The molecule has 5 rings (SSSR count). The second-order valence-corrected chi connectivity index (χ2v) is 9.12. The molecule has 1 atom stereocenters. The summed E-state index contributed by atoms with van der Waals surface area (Å²) < 4.78 is 1.44. The molecule has 0 saturated carbocycles. The van der Waals surface area contributed by atoms with E-state index in [0.29, 0.717) is 41.0 Å². The number of para-hydroxylation sites is 1. The number of fused-ring (bicyclic) bond motifs is 1. The molecule has 162 valence electrons. The molecule has 2 heterocycles. The topological polar surface area (TPSA) is 110 Å². The molecule has 0 unspecified atom stereocenters. The number of allylic oxidation sites excluding steroid dienone is 2. The van der Waals surface area contributed by atoms with Crippen LogP contribution in [0.15, 0.2) is 70.7 Å². The number of hydrogen-bond acceptors (Lipinski definition) is 5. The lowest BCUT2D eigenvalue weighted by molar-refractivity contribution is -0.384. The van der Waals surface area contributed by atoms with Gasteiger partial charge in [-0.05, 0) is 29.5 Å². The fourth-order valence-corrected chi connectivity index (χ4v) is 4.80. The van der Waals surface area contributed by atoms with Crippen LogP contribution in [0.4, 0.5) is 11.5 Å². The Kier molecular flexibility index (Phi) is 4.40. The van der Waals surface area contributed by atoms with Gasteiger partial charge >= 0.3 is 0 Å². The number of carbonyl (C=O) groups excluding carboxylic acids is 1. The van der Waals surface area contributed by atoms with Crippen LogP contribution in [0.2, 0.25) is 0 Å². The van der Waals surface area contributed by atoms with Gasteiger partial charge in [0, 0.05) is 35.7 Å². The summed E-state index contributed by atoms with van der Waals surface area (Å²) in [5.41, 5.74) is 2.30. The maximum absolute atomic E-state index is 13.5. The van der Waals surface area contributed by atoms with Gasteiger partial charge in [-0.25, -0.2) is 4.68 Å². The summed E-state index contributed by atoms with van der Waals surface area (Å²) in [7, 11) is 0. The smallest absolute Gasteiger partial charge is 0.277 e. The summed E-state index contributed by atoms with van der Waals surface area (Å²) in [5, 5.41) is 17.9. The molecule has 1 aliphatic heterocycles. The van der Waals surface area contributed by atoms with E-state index < -0.39 is 10.8 Å². The molecule has 0 saturated heterocycles. The van der Waals surface area contributed by atoms with Crippen LogP contribution in [0.1, 0.15) is 43.7 Å². The Labute approximate surface area is 183 Å². The highest BCUT2D eigenvalue weighted by molar-refractivity contribution is 6.01. The van der Waals surface area contributed by atoms with Gasteiger partial charge in [-0.2, -0.15) is 0 Å². The number of non-ortho nitro benzene ring substituents is 1. The Morgan fingerprint density at radius 2 is 1.81 bits per heavy atom. The maximum Gasteiger partial charge on any atom is 0.277 e. The van der Waals surface area contributed by atoms with Crippen molar-refractivity contribution in [1.29, 1.82) is 0 Å². The van der Waals surface area contributed by atoms with E-state index in [1.54, 1.807) is 12.1 Å². The summed E-state index contributed by atoms with van der Waals surface area (Å²) >= 11 is 0. The van der Waals surface area contributed by atoms with Crippen molar-refractivity contribution in [3.8, 4) is 5.69 Å². The van der Waals surface area contributed by atoms with Crippen molar-refractivity contribution < 1.29 is 9.72 Å². The zero-order chi connectivity index (χ0) is 22.6. The first-order valence-electron chi connectivity index (χ1n) is 10.4. The van der Waals surface area contributed by atoms with E-state index in [1.807, 2.05) is 44.2 Å². The first kappa shape index (κ1) is 20.0. The molecule has 8 nitrogen and oxygen atoms in total. The largest absolute Gasteiger partial charge is 0.343 e. The average Bonchev–Trinajstić information content (AvgIpc) is 3.08. The van der Waals surface area contributed by atoms with Gasteiger partial charge in [0.25, 0.3) is 11.2 Å². The fourth-order valence-electron chi connectivity index (χ4n) is 4.80. The van der Waals surface area contributed by atoms with Gasteiger partial charge in [0.1, 0.15) is 5.82 Å². The van der Waals surface area contributed by atoms with Crippen LogP contribution in [0, 0.1) is 15.5 Å². The van der Waals surface area contributed by atoms with E-state index in [9.17, 15) is 19.7 Å². The number of benzene rings is 2. The monoisotopic (exact) mass is 430 g/mol. The summed E-state index contributed by atoms with van der Waals surface area (Å²) in [5.74, 6) is -0.212. The lowest BCUT2D eigenvalue weighted by atomic mass is 9.69. The Morgan fingerprint density at radius 1 is 1.06 bits per heavy atom. The fraction of sp³-hybridized carbons (Fsp3) is 0.250. The van der Waals surface area contributed by atoms with Gasteiger partial charge in [0.05, 0.1) is 16.2 Å². The molecule has 0 radical (unpaired) electrons. The molecule has 0 amide bonds. The summed E-state index contributed by atoms with van der Waals surface area (Å²) in [6.07, 6.45) is 0.989. The van der Waals surface area contributed by atoms with E-state index in [1.165, 1.54) is 16.8 Å². The number of H-pyrrole nitrogens is 1. The van der Waals surface area contributed by atoms with Crippen LogP contribution in [0.5, 0.6) is 0 Å². The van der Waals surface area contributed by atoms with Crippen LogP contribution < -0.4 is 10.9 Å². The molecule has 1 aliphatic carbocycles. The molecule has 32 heavy (non-hydrogen) atoms. The molecule has 2 N–H and O–H groups in total. The lowest BCUT2D eigenvalue weighted by Crippen LogP contribution is -2.35. The van der Waals surface area contributed by atoms with Gasteiger partial charge in [-0.1, -0.05) is 44.2 Å². The zero-order valence-electron chi connectivity index (χ0n) is 17.7. The van der Waals surface area contributed by atoms with Gasteiger partial charge in [-0.15, -0.1) is 0 Å². The van der Waals surface area contributed by atoms with E-state index in [4.69, 9.17) is 0 Å². The van der Waals surface area contributed by atoms with Gasteiger partial charge < -0.3 is 5.32 Å². The number of nitro groups is 1. The first-order chi connectivity index (χ1) is 15.2. The second-order valence-electron chi connectivity index (χ2n) is 9.12. The molecule has 2 aliphatic rings. The highest BCUT2D eigenvalue weighted by Gasteiger charge is 2.43. The normalized spacial score (nSPS) is 19.2. The van der Waals surface area contributed by atoms with Crippen LogP contribution in [-0.4, -0.2) is 20.5 Å². The first-order valence-corrected chi connectivity index (χ1v) is 10.4. The van der Waals surface area contributed by atoms with Crippen molar-refractivity contribution in [2.24, 2.45) is 5.41 Å². The molecular weight excluding hydrogens is 408 g/mol. The standard InChI is InChI=1S/C24H22N4O4/c1-24(2)12-17-20(18(29)13-24)19(14-7-6-10-16(11-14)28(31)32)21-22(25-17)26-27(23(21)30)15-8-4-3-5-9-15/h3-11,19,25-26H,12-13H2,1-2H3/t19-/m1/s1. The summed E-state index contributed by atoms with van der Waals surface area (Å²) in [4.78, 5) is 37.8. The molecule has 8 heteroatoms. The van der Waals surface area contributed by atoms with E-state index >= 15 is 0 Å². The highest BCUT2D eigenvalue weighted by atomic mass is 16.6. The predicted molar refractivity (Wildman–Crippen MR) is 120 cm³/mol. The number of carbonyl (C=O) groups is 1. The van der Waals surface area contributed by atoms with Gasteiger partial charge in [-0.3, -0.25) is 24.8 Å². The van der Waals surface area contributed by atoms with Crippen molar-refractivity contribution in [3.63, 3.8) is 0 Å². The van der Waals surface area contributed by atoms with Gasteiger partial charge in [0.2, 0.25) is 0 Å². The molecule has 3 aromatic rings. The minimum atomic E-state index is -0.682. The number of hydrogen-bond donors (Lipinski definition) is 2. The Morgan fingerprint density at radius 3 is 2.53 bits per heavy atom. The van der Waals surface area contributed by atoms with E-state index in [2.05, 4.69) is 10.4 Å². The van der Waals surface area contributed by atoms with Crippen LogP contribution >= 0.6 is 0 Å². The SMILES string of the molecule is CC1(C)CC(=O)C2=C(C1)Nc1[nH]n(-c3ccccc3)c(=O)c1[C@@H]2c1cccc([N+](=O)[O-])c1. The summed E-state index contributed by atoms with van der Waals surface area (Å²) in [6.45, 7) is 4.07. The van der Waals surface area contributed by atoms with Crippen molar-refractivity contribution in [2.75, 3.05) is 5.32 Å². The number of nitrogens with zero attached hydrogens (tertiary/aromatic N) is 2. The minimum absolute atomic E-state index is 0.0437. The number of Topliss-reactive ketones (excluding diaryl/α,β-unsaturated/α-hetero) is 1. The van der Waals surface area contributed by atoms with Crippen molar-refractivity contribution >= 4 is 17.3 Å². The maximum atomic E-state index is 13.5. The lowest BCUT2D eigenvalue weighted by Gasteiger charge is -2.37. The number of aromatic nitrogens is 2. The van der Waals surface area contributed by atoms with Crippen molar-refractivity contribution in [1.82, 2.24) is 9.78 Å². The van der Waals surface area contributed by atoms with Crippen LogP contribution in [0.3, 0.4) is 0 Å². The third-order valence-corrected chi connectivity index (χ3v) is 6.13.